The quantitative estimate of drug-likeness (QED) is 0.107. The number of nitrogens with zero attached hydrogens (tertiary/aromatic N) is 3. The van der Waals surface area contributed by atoms with E-state index in [1.54, 1.807) is 10.8 Å². The zero-order chi connectivity index (χ0) is 45.5. The van der Waals surface area contributed by atoms with E-state index in [0.29, 0.717) is 11.8 Å². The normalized spacial score (nSPS) is 14.2. The monoisotopic (exact) mass is 1090 g/mol. The van der Waals surface area contributed by atoms with Gasteiger partial charge in [0.1, 0.15) is 0 Å². The van der Waals surface area contributed by atoms with Gasteiger partial charge >= 0.3 is 0 Å². The summed E-state index contributed by atoms with van der Waals surface area (Å²) in [7, 11) is -1.35. The number of hydrogen-bond donors (Lipinski definition) is 0. The van der Waals surface area contributed by atoms with Crippen molar-refractivity contribution < 1.29 is 20.1 Å². The number of aromatic nitrogens is 3. The van der Waals surface area contributed by atoms with Gasteiger partial charge in [0.05, 0.1) is 24.9 Å². The average molecular weight is 1090 g/mol. The van der Waals surface area contributed by atoms with Gasteiger partial charge < -0.3 is 9.55 Å². The Labute approximate surface area is 417 Å². The summed E-state index contributed by atoms with van der Waals surface area (Å²) < 4.78 is 5.11. The van der Waals surface area contributed by atoms with Crippen LogP contribution in [0.4, 0.5) is 0 Å². The third-order valence-corrected chi connectivity index (χ3v) is 17.4. The third-order valence-electron chi connectivity index (χ3n) is 14.2. The first-order chi connectivity index (χ1) is 32.0. The van der Waals surface area contributed by atoms with Crippen LogP contribution in [0.3, 0.4) is 0 Å². The minimum absolute atomic E-state index is 0. The van der Waals surface area contributed by atoms with Gasteiger partial charge in [0.25, 0.3) is 0 Å². The first-order valence-corrected chi connectivity index (χ1v) is 28.9. The molecule has 0 aliphatic heterocycles. The maximum atomic E-state index is 5.38. The molecule has 0 bridgehead atoms. The molecule has 0 atom stereocenters. The number of imidazole rings is 1. The Bertz CT molecular complexity index is 3140. The second-order valence-corrected chi connectivity index (χ2v) is 26.7. The Morgan fingerprint density at radius 3 is 2.07 bits per heavy atom. The Morgan fingerprint density at radius 2 is 1.39 bits per heavy atom. The second-order valence-electron chi connectivity index (χ2n) is 20.6. The molecule has 67 heavy (non-hydrogen) atoms. The molecule has 3 nitrogen and oxygen atoms in total. The van der Waals surface area contributed by atoms with Gasteiger partial charge in [-0.15, -0.1) is 54.1 Å². The van der Waals surface area contributed by atoms with Crippen LogP contribution in [-0.2, 0) is 39.4 Å². The fourth-order valence-corrected chi connectivity index (χ4v) is 13.6. The van der Waals surface area contributed by atoms with Crippen LogP contribution < -0.4 is 5.19 Å². The molecule has 1 radical (unpaired) electrons. The van der Waals surface area contributed by atoms with Crippen molar-refractivity contribution in [3.8, 4) is 39.5 Å². The van der Waals surface area contributed by atoms with Crippen molar-refractivity contribution in [3.63, 3.8) is 0 Å². The standard InChI is InChI=1S/C41H37N2S.C20H26NSi.Ir/c1-25(2)33-22-30(27-13-6-5-7-14-27)23-34(26(3)4)39(33)43-37-20-11-10-19-36(37)42-41(43)32-18-12-17-31-35-21-28-15-8-9-16-29(28)24-38(35)44-40(31)32;1-22(2,3)20-15-21-19(17-11-5-4-6-12-17)14-18(20)13-16-9-7-8-10-16;/h5-7,10-14,17,19-26H,8-9,15-16H2,1-4H3;4-6,11,14-16H,7-10,13H2,1-3H3;/q2*-1;. The van der Waals surface area contributed by atoms with E-state index in [0.717, 1.165) is 39.6 Å². The van der Waals surface area contributed by atoms with E-state index in [2.05, 4.69) is 179 Å². The second kappa shape index (κ2) is 19.9. The molecule has 343 valence electrons. The SMILES string of the molecule is CC(C)c1cc(-c2ccccc2)cc(C(C)C)c1-n1c(-c2[c-]ccc3c2sc2cc4c(cc23)CCCC4)nc2ccccc21.C[Si](C)(C)c1cnc(-c2[c-]cccc2)cc1CC1CCCC1.[Ir]. The number of rotatable bonds is 9. The molecule has 9 aromatic rings. The minimum atomic E-state index is -1.35. The summed E-state index contributed by atoms with van der Waals surface area (Å²) in [6.07, 6.45) is 14.0. The van der Waals surface area contributed by atoms with E-state index in [4.69, 9.17) is 9.97 Å². The van der Waals surface area contributed by atoms with Crippen molar-refractivity contribution in [3.05, 3.63) is 167 Å². The van der Waals surface area contributed by atoms with Gasteiger partial charge in [0, 0.05) is 36.7 Å². The molecular weight excluding hydrogens is 1030 g/mol. The largest absolute Gasteiger partial charge is 0.333 e. The fourth-order valence-electron chi connectivity index (χ4n) is 10.7. The van der Waals surface area contributed by atoms with Crippen molar-refractivity contribution in [2.24, 2.45) is 5.92 Å². The number of pyridine rings is 1. The Kier molecular flexibility index (Phi) is 14.0. The van der Waals surface area contributed by atoms with E-state index in [1.807, 2.05) is 23.5 Å². The molecule has 0 spiro atoms. The molecule has 0 unspecified atom stereocenters. The first kappa shape index (κ1) is 47.1. The first-order valence-electron chi connectivity index (χ1n) is 24.6. The van der Waals surface area contributed by atoms with Crippen molar-refractivity contribution in [2.45, 2.75) is 117 Å². The molecule has 1 fully saturated rings. The number of aryl methyl sites for hydroxylation is 2. The molecule has 11 rings (SSSR count). The predicted molar refractivity (Wildman–Crippen MR) is 286 cm³/mol. The maximum absolute atomic E-state index is 5.38. The molecule has 6 aromatic carbocycles. The average Bonchev–Trinajstić information content (AvgIpc) is 4.08. The summed E-state index contributed by atoms with van der Waals surface area (Å²) in [6, 6.07) is 51.1. The molecule has 3 heterocycles. The van der Waals surface area contributed by atoms with Gasteiger partial charge in [0.2, 0.25) is 0 Å². The van der Waals surface area contributed by atoms with Crippen LogP contribution in [0.25, 0.3) is 70.7 Å². The zero-order valence-electron chi connectivity index (χ0n) is 40.3. The summed E-state index contributed by atoms with van der Waals surface area (Å²) in [6.45, 7) is 16.5. The molecule has 2 aliphatic rings. The van der Waals surface area contributed by atoms with Crippen molar-refractivity contribution in [1.82, 2.24) is 14.5 Å². The van der Waals surface area contributed by atoms with Crippen LogP contribution in [-0.4, -0.2) is 22.6 Å². The van der Waals surface area contributed by atoms with Crippen LogP contribution in [0.5, 0.6) is 0 Å². The van der Waals surface area contributed by atoms with E-state index in [-0.39, 0.29) is 20.1 Å². The summed E-state index contributed by atoms with van der Waals surface area (Å²) in [4.78, 5) is 10.1. The van der Waals surface area contributed by atoms with Crippen LogP contribution in [0.15, 0.2) is 128 Å². The van der Waals surface area contributed by atoms with Gasteiger partial charge in [-0.25, -0.2) is 0 Å². The summed E-state index contributed by atoms with van der Waals surface area (Å²) in [5.74, 6) is 2.51. The molecule has 0 amide bonds. The van der Waals surface area contributed by atoms with Gasteiger partial charge in [0.15, 0.2) is 0 Å². The van der Waals surface area contributed by atoms with Gasteiger partial charge in [-0.1, -0.05) is 144 Å². The molecule has 1 saturated carbocycles. The predicted octanol–water partition coefficient (Wildman–Crippen LogP) is 16.5. The van der Waals surface area contributed by atoms with Crippen LogP contribution in [0.1, 0.15) is 106 Å². The van der Waals surface area contributed by atoms with E-state index < -0.39 is 8.07 Å². The van der Waals surface area contributed by atoms with E-state index in [1.165, 1.54) is 117 Å². The molecule has 0 saturated heterocycles. The number of para-hydroxylation sites is 2. The minimum Gasteiger partial charge on any atom is -0.333 e. The topological polar surface area (TPSA) is 30.7 Å². The van der Waals surface area contributed by atoms with E-state index >= 15 is 0 Å². The number of fused-ring (bicyclic) bond motifs is 5. The third kappa shape index (κ3) is 9.57. The van der Waals surface area contributed by atoms with Gasteiger partial charge in [-0.2, -0.15) is 11.3 Å². The van der Waals surface area contributed by atoms with Crippen LogP contribution in [0.2, 0.25) is 19.6 Å². The number of hydrogen-bond acceptors (Lipinski definition) is 3. The Balaban J connectivity index is 0.000000206. The molecule has 6 heteroatoms. The fraction of sp³-hybridized carbons (Fsp3) is 0.311. The molecule has 3 aromatic heterocycles. The summed E-state index contributed by atoms with van der Waals surface area (Å²) in [5.41, 5.74) is 16.5. The molecule has 0 N–H and O–H groups in total. The maximum Gasteiger partial charge on any atom is 0.0798 e. The zero-order valence-corrected chi connectivity index (χ0v) is 44.5. The van der Waals surface area contributed by atoms with Crippen LogP contribution in [0, 0.1) is 18.1 Å². The Morgan fingerprint density at radius 1 is 0.701 bits per heavy atom. The van der Waals surface area contributed by atoms with Crippen molar-refractivity contribution in [2.75, 3.05) is 0 Å². The number of thiophene rings is 1. The van der Waals surface area contributed by atoms with Gasteiger partial charge in [-0.3, -0.25) is 4.98 Å². The molecule has 2 aliphatic carbocycles. The Hall–Kier alpha value is -4.97. The van der Waals surface area contributed by atoms with Gasteiger partial charge in [-0.05, 0) is 135 Å². The van der Waals surface area contributed by atoms with E-state index in [9.17, 15) is 0 Å². The molecular formula is C61H63IrN3SSi-2. The summed E-state index contributed by atoms with van der Waals surface area (Å²) >= 11 is 1.91. The van der Waals surface area contributed by atoms with Crippen molar-refractivity contribution in [1.29, 1.82) is 0 Å². The number of benzene rings is 6. The van der Waals surface area contributed by atoms with Crippen LogP contribution >= 0.6 is 11.3 Å². The smallest absolute Gasteiger partial charge is 0.0798 e. The summed E-state index contributed by atoms with van der Waals surface area (Å²) in [5, 5.41) is 4.24. The van der Waals surface area contributed by atoms with Crippen molar-refractivity contribution >= 4 is 55.8 Å².